The molecule has 0 bridgehead atoms. The molecule has 1 aliphatic heterocycles. The van der Waals surface area contributed by atoms with E-state index in [0.29, 0.717) is 6.54 Å². The maximum atomic E-state index is 12.6. The van der Waals surface area contributed by atoms with Crippen LogP contribution in [0.15, 0.2) is 42.5 Å². The van der Waals surface area contributed by atoms with E-state index < -0.39 is 0 Å². The highest BCUT2D eigenvalue weighted by atomic mass is 16.2. The topological polar surface area (TPSA) is 35.6 Å². The molecule has 0 aliphatic carbocycles. The molecule has 1 amide bonds. The van der Waals surface area contributed by atoms with Gasteiger partial charge in [-0.2, -0.15) is 0 Å². The van der Waals surface area contributed by atoms with Crippen LogP contribution in [-0.2, 0) is 4.79 Å². The lowest BCUT2D eigenvalue weighted by Crippen LogP contribution is -2.33. The van der Waals surface area contributed by atoms with Crippen molar-refractivity contribution >= 4 is 23.0 Å². The van der Waals surface area contributed by atoms with Crippen LogP contribution in [0.25, 0.3) is 0 Å². The summed E-state index contributed by atoms with van der Waals surface area (Å²) in [6.45, 7) is 9.64. The zero-order valence-electron chi connectivity index (χ0n) is 16.1. The third kappa shape index (κ3) is 4.18. The lowest BCUT2D eigenvalue weighted by Gasteiger charge is -2.24. The molecule has 0 aromatic heterocycles. The van der Waals surface area contributed by atoms with Gasteiger partial charge in [-0.05, 0) is 69.0 Å². The number of benzene rings is 2. The zero-order chi connectivity index (χ0) is 18.5. The van der Waals surface area contributed by atoms with E-state index in [-0.39, 0.29) is 5.91 Å². The molecule has 4 nitrogen and oxygen atoms in total. The van der Waals surface area contributed by atoms with Crippen LogP contribution in [0.2, 0.25) is 0 Å². The Morgan fingerprint density at radius 3 is 2.46 bits per heavy atom. The molecule has 0 unspecified atom stereocenters. The number of nitrogens with zero attached hydrogens (tertiary/aromatic N) is 2. The number of hydrogen-bond acceptors (Lipinski definition) is 3. The summed E-state index contributed by atoms with van der Waals surface area (Å²) in [4.78, 5) is 17.1. The summed E-state index contributed by atoms with van der Waals surface area (Å²) in [7, 11) is 0. The summed E-state index contributed by atoms with van der Waals surface area (Å²) < 4.78 is 0. The molecule has 1 heterocycles. The predicted molar refractivity (Wildman–Crippen MR) is 110 cm³/mol. The molecule has 138 valence electrons. The van der Waals surface area contributed by atoms with E-state index in [1.54, 1.807) is 0 Å². The Hall–Kier alpha value is -2.49. The quantitative estimate of drug-likeness (QED) is 0.839. The average molecular weight is 351 g/mol. The van der Waals surface area contributed by atoms with Gasteiger partial charge in [-0.3, -0.25) is 4.79 Å². The van der Waals surface area contributed by atoms with Crippen molar-refractivity contribution in [2.45, 2.75) is 33.6 Å². The fraction of sp³-hybridized carbons (Fsp3) is 0.409. The number of aryl methyl sites for hydroxylation is 2. The number of rotatable bonds is 6. The number of likely N-dealkylation sites (N-methyl/N-ethyl adjacent to an activating group) is 1. The monoisotopic (exact) mass is 351 g/mol. The molecule has 0 radical (unpaired) electrons. The zero-order valence-corrected chi connectivity index (χ0v) is 16.1. The van der Waals surface area contributed by atoms with Gasteiger partial charge in [0.2, 0.25) is 5.91 Å². The minimum absolute atomic E-state index is 0.0205. The normalized spacial score (nSPS) is 13.7. The van der Waals surface area contributed by atoms with E-state index in [4.69, 9.17) is 0 Å². The molecular formula is C22H29N3O. The lowest BCUT2D eigenvalue weighted by atomic mass is 10.1. The minimum atomic E-state index is 0.0205. The number of carbonyl (C=O) groups excluding carboxylic acids is 1. The van der Waals surface area contributed by atoms with Crippen LogP contribution in [0, 0.1) is 13.8 Å². The molecule has 1 N–H and O–H groups in total. The second-order valence-electron chi connectivity index (χ2n) is 7.04. The van der Waals surface area contributed by atoms with Gasteiger partial charge in [0.25, 0.3) is 0 Å². The number of amides is 1. The summed E-state index contributed by atoms with van der Waals surface area (Å²) in [5, 5.41) is 3.08. The van der Waals surface area contributed by atoms with Gasteiger partial charge < -0.3 is 15.1 Å². The highest BCUT2D eigenvalue weighted by molar-refractivity contribution is 5.95. The van der Waals surface area contributed by atoms with Gasteiger partial charge in [-0.15, -0.1) is 0 Å². The molecule has 2 aromatic rings. The summed E-state index contributed by atoms with van der Waals surface area (Å²) in [6, 6.07) is 14.5. The molecule has 4 heteroatoms. The Bertz CT molecular complexity index is 766. The number of hydrogen-bond donors (Lipinski definition) is 1. The first-order chi connectivity index (χ1) is 12.6. The van der Waals surface area contributed by atoms with E-state index >= 15 is 0 Å². The van der Waals surface area contributed by atoms with Gasteiger partial charge in [-0.25, -0.2) is 0 Å². The molecule has 0 saturated carbocycles. The SMILES string of the molecule is CCN(CC(=O)Nc1ccc(N2CCCC2)cc1C)c1ccccc1C. The molecule has 1 aliphatic rings. The summed E-state index contributed by atoms with van der Waals surface area (Å²) in [6.07, 6.45) is 2.53. The number of anilines is 3. The van der Waals surface area contributed by atoms with Crippen molar-refractivity contribution in [2.24, 2.45) is 0 Å². The Labute approximate surface area is 156 Å². The van der Waals surface area contributed by atoms with E-state index in [2.05, 4.69) is 60.2 Å². The molecule has 3 rings (SSSR count). The first-order valence-corrected chi connectivity index (χ1v) is 9.54. The molecule has 2 aromatic carbocycles. The lowest BCUT2D eigenvalue weighted by molar-refractivity contribution is -0.115. The van der Waals surface area contributed by atoms with Crippen molar-refractivity contribution in [3.8, 4) is 0 Å². The molecule has 0 atom stereocenters. The van der Waals surface area contributed by atoms with Crippen LogP contribution >= 0.6 is 0 Å². The fourth-order valence-electron chi connectivity index (χ4n) is 3.61. The maximum absolute atomic E-state index is 12.6. The maximum Gasteiger partial charge on any atom is 0.243 e. The number of para-hydroxylation sites is 1. The standard InChI is InChI=1S/C22H29N3O/c1-4-24(21-10-6-5-9-17(21)2)16-22(26)23-20-12-11-19(15-18(20)3)25-13-7-8-14-25/h5-6,9-12,15H,4,7-8,13-14,16H2,1-3H3,(H,23,26). The number of carbonyl (C=O) groups is 1. The molecular weight excluding hydrogens is 322 g/mol. The van der Waals surface area contributed by atoms with Gasteiger partial charge in [0.15, 0.2) is 0 Å². The summed E-state index contributed by atoms with van der Waals surface area (Å²) in [5.41, 5.74) is 5.58. The predicted octanol–water partition coefficient (Wildman–Crippen LogP) is 4.37. The van der Waals surface area contributed by atoms with Crippen molar-refractivity contribution in [3.05, 3.63) is 53.6 Å². The van der Waals surface area contributed by atoms with Gasteiger partial charge in [-0.1, -0.05) is 18.2 Å². The number of nitrogens with one attached hydrogen (secondary N) is 1. The van der Waals surface area contributed by atoms with Crippen LogP contribution in [0.3, 0.4) is 0 Å². The first-order valence-electron chi connectivity index (χ1n) is 9.54. The molecule has 1 saturated heterocycles. The Kier molecular flexibility index (Phi) is 5.82. The van der Waals surface area contributed by atoms with Crippen molar-refractivity contribution < 1.29 is 4.79 Å². The third-order valence-corrected chi connectivity index (χ3v) is 5.13. The Morgan fingerprint density at radius 1 is 1.08 bits per heavy atom. The average Bonchev–Trinajstić information content (AvgIpc) is 3.17. The third-order valence-electron chi connectivity index (χ3n) is 5.13. The van der Waals surface area contributed by atoms with E-state index in [9.17, 15) is 4.79 Å². The van der Waals surface area contributed by atoms with Crippen molar-refractivity contribution in [2.75, 3.05) is 41.3 Å². The molecule has 1 fully saturated rings. The van der Waals surface area contributed by atoms with Crippen molar-refractivity contribution in [1.82, 2.24) is 0 Å². The minimum Gasteiger partial charge on any atom is -0.372 e. The second-order valence-corrected chi connectivity index (χ2v) is 7.04. The van der Waals surface area contributed by atoms with E-state index in [1.165, 1.54) is 24.1 Å². The van der Waals surface area contributed by atoms with E-state index in [0.717, 1.165) is 36.6 Å². The van der Waals surface area contributed by atoms with E-state index in [1.807, 2.05) is 18.2 Å². The van der Waals surface area contributed by atoms with Crippen LogP contribution in [0.5, 0.6) is 0 Å². The van der Waals surface area contributed by atoms with Crippen LogP contribution < -0.4 is 15.1 Å². The summed E-state index contributed by atoms with van der Waals surface area (Å²) >= 11 is 0. The molecule has 26 heavy (non-hydrogen) atoms. The van der Waals surface area contributed by atoms with Crippen LogP contribution in [0.4, 0.5) is 17.1 Å². The molecule has 0 spiro atoms. The van der Waals surface area contributed by atoms with Crippen LogP contribution in [-0.4, -0.2) is 32.1 Å². The smallest absolute Gasteiger partial charge is 0.243 e. The van der Waals surface area contributed by atoms with Crippen molar-refractivity contribution in [3.63, 3.8) is 0 Å². The van der Waals surface area contributed by atoms with Gasteiger partial charge >= 0.3 is 0 Å². The Balaban J connectivity index is 1.66. The first kappa shape index (κ1) is 18.3. The van der Waals surface area contributed by atoms with Crippen molar-refractivity contribution in [1.29, 1.82) is 0 Å². The largest absolute Gasteiger partial charge is 0.372 e. The van der Waals surface area contributed by atoms with Gasteiger partial charge in [0.05, 0.1) is 6.54 Å². The van der Waals surface area contributed by atoms with Gasteiger partial charge in [0, 0.05) is 36.7 Å². The Morgan fingerprint density at radius 2 is 1.81 bits per heavy atom. The fourth-order valence-corrected chi connectivity index (χ4v) is 3.61. The van der Waals surface area contributed by atoms with Gasteiger partial charge in [0.1, 0.15) is 0 Å². The van der Waals surface area contributed by atoms with Crippen LogP contribution in [0.1, 0.15) is 30.9 Å². The highest BCUT2D eigenvalue weighted by Gasteiger charge is 2.15. The second kappa shape index (κ2) is 8.26. The highest BCUT2D eigenvalue weighted by Crippen LogP contribution is 2.26. The summed E-state index contributed by atoms with van der Waals surface area (Å²) in [5.74, 6) is 0.0205.